The van der Waals surface area contributed by atoms with Crippen molar-refractivity contribution in [3.8, 4) is 12.0 Å². The first-order valence-electron chi connectivity index (χ1n) is 8.55. The van der Waals surface area contributed by atoms with Crippen LogP contribution in [0.5, 0.6) is 0 Å². The van der Waals surface area contributed by atoms with E-state index in [1.54, 1.807) is 0 Å². The van der Waals surface area contributed by atoms with E-state index in [4.69, 9.17) is 5.11 Å². The van der Waals surface area contributed by atoms with Crippen molar-refractivity contribution in [2.24, 2.45) is 0 Å². The lowest BCUT2D eigenvalue weighted by Gasteiger charge is -2.31. The summed E-state index contributed by atoms with van der Waals surface area (Å²) in [5, 5.41) is 18.7. The van der Waals surface area contributed by atoms with Gasteiger partial charge in [0, 0.05) is 18.0 Å². The predicted octanol–water partition coefficient (Wildman–Crippen LogP) is 2.17. The maximum Gasteiger partial charge on any atom is 0.392 e. The van der Waals surface area contributed by atoms with Crippen molar-refractivity contribution < 1.29 is 24.3 Å². The predicted molar refractivity (Wildman–Crippen MR) is 94.0 cm³/mol. The van der Waals surface area contributed by atoms with Gasteiger partial charge >= 0.3 is 11.9 Å². The van der Waals surface area contributed by atoms with E-state index in [2.05, 4.69) is 16.9 Å². The quantitative estimate of drug-likeness (QED) is 0.454. The molecule has 134 valence electrons. The number of unbranched alkanes of at least 4 members (excludes halogenated alkanes) is 1. The van der Waals surface area contributed by atoms with Crippen molar-refractivity contribution in [3.05, 3.63) is 35.7 Å². The average Bonchev–Trinajstić information content (AvgIpc) is 2.99. The summed E-state index contributed by atoms with van der Waals surface area (Å²) in [4.78, 5) is 25.2. The Morgan fingerprint density at radius 1 is 1.44 bits per heavy atom. The number of likely N-dealkylation sites (N-methyl/N-ethyl adjacent to an activating group) is 1. The number of carboxylic acid groups (broad SMARTS) is 2. The number of nitrogens with zero attached hydrogens (tertiary/aromatic N) is 2. The average molecular weight is 345 g/mol. The van der Waals surface area contributed by atoms with Gasteiger partial charge in [-0.25, -0.2) is 9.59 Å². The lowest BCUT2D eigenvalue weighted by molar-refractivity contribution is -0.761. The number of carbonyl (C=O) groups is 2. The highest BCUT2D eigenvalue weighted by atomic mass is 16.4. The standard InChI is InChI=1S/C19H24N2O4/c1-3-4-5-11-21(17(19(24)25)13-18(22)23)12-7-8-15(14-21)16-9-6-10-20(16)2/h7-8,13-14,16H,3-4,6,9-10,12H2,1-2H3,(H-,22,23,24,25)/p+1. The third kappa shape index (κ3) is 4.38. The van der Waals surface area contributed by atoms with Gasteiger partial charge in [0.2, 0.25) is 5.70 Å². The molecule has 0 aromatic rings. The summed E-state index contributed by atoms with van der Waals surface area (Å²) in [5.41, 5.74) is 0.758. The first-order valence-corrected chi connectivity index (χ1v) is 8.55. The van der Waals surface area contributed by atoms with Gasteiger partial charge in [0.1, 0.15) is 18.8 Å². The summed E-state index contributed by atoms with van der Waals surface area (Å²) < 4.78 is -0.280. The molecule has 2 atom stereocenters. The molecule has 25 heavy (non-hydrogen) atoms. The Labute approximate surface area is 148 Å². The van der Waals surface area contributed by atoms with E-state index in [0.29, 0.717) is 13.0 Å². The zero-order chi connectivity index (χ0) is 18.4. The lowest BCUT2D eigenvalue weighted by Crippen LogP contribution is -2.43. The summed E-state index contributed by atoms with van der Waals surface area (Å²) >= 11 is 0. The second kappa shape index (κ2) is 8.15. The van der Waals surface area contributed by atoms with Gasteiger partial charge in [-0.15, -0.1) is 0 Å². The molecule has 2 unspecified atom stereocenters. The van der Waals surface area contributed by atoms with Gasteiger partial charge in [-0.2, -0.15) is 4.48 Å². The van der Waals surface area contributed by atoms with Crippen molar-refractivity contribution in [3.63, 3.8) is 0 Å². The molecule has 2 aliphatic rings. The molecule has 2 rings (SSSR count). The van der Waals surface area contributed by atoms with Crippen molar-refractivity contribution >= 4 is 11.9 Å². The molecule has 6 heteroatoms. The molecule has 0 aromatic heterocycles. The topological polar surface area (TPSA) is 77.8 Å². The minimum Gasteiger partial charge on any atom is -0.478 e. The Hall–Kier alpha value is -2.36. The van der Waals surface area contributed by atoms with Crippen molar-refractivity contribution in [2.75, 3.05) is 20.1 Å². The fourth-order valence-corrected chi connectivity index (χ4v) is 3.33. The van der Waals surface area contributed by atoms with Crippen LogP contribution in [-0.2, 0) is 9.59 Å². The van der Waals surface area contributed by atoms with Gasteiger partial charge in [0.25, 0.3) is 0 Å². The SMILES string of the molecule is CCCC#C[N+]1(C(=CC(=O)O)C(=O)O)C=C(C2CCCN2C)C=CC1. The third-order valence-electron chi connectivity index (χ3n) is 4.54. The van der Waals surface area contributed by atoms with Crippen LogP contribution in [-0.4, -0.2) is 57.7 Å². The Kier molecular flexibility index (Phi) is 6.18. The minimum atomic E-state index is -1.28. The zero-order valence-corrected chi connectivity index (χ0v) is 14.7. The molecule has 0 bridgehead atoms. The maximum atomic E-state index is 11.8. The van der Waals surface area contributed by atoms with E-state index < -0.39 is 11.9 Å². The van der Waals surface area contributed by atoms with Gasteiger partial charge in [-0.3, -0.25) is 4.90 Å². The lowest BCUT2D eigenvalue weighted by atomic mass is 10.0. The molecule has 2 heterocycles. The van der Waals surface area contributed by atoms with Crippen LogP contribution in [0.15, 0.2) is 35.7 Å². The highest BCUT2D eigenvalue weighted by Crippen LogP contribution is 2.30. The number of likely N-dealkylation sites (tertiary alicyclic amines) is 1. The van der Waals surface area contributed by atoms with Crippen LogP contribution in [0.2, 0.25) is 0 Å². The fraction of sp³-hybridized carbons (Fsp3) is 0.474. The van der Waals surface area contributed by atoms with Crippen LogP contribution in [0.1, 0.15) is 32.6 Å². The Morgan fingerprint density at radius 2 is 2.20 bits per heavy atom. The molecule has 2 N–H and O–H groups in total. The number of quaternary nitrogens is 1. The summed E-state index contributed by atoms with van der Waals surface area (Å²) in [5.74, 6) is 0.462. The number of hydrogen-bond donors (Lipinski definition) is 2. The molecule has 2 aliphatic heterocycles. The monoisotopic (exact) mass is 345 g/mol. The second-order valence-electron chi connectivity index (χ2n) is 6.43. The summed E-state index contributed by atoms with van der Waals surface area (Å²) in [6.45, 7) is 3.30. The van der Waals surface area contributed by atoms with Crippen molar-refractivity contribution in [2.45, 2.75) is 38.6 Å². The molecule has 0 amide bonds. The molecule has 0 aliphatic carbocycles. The zero-order valence-electron chi connectivity index (χ0n) is 14.7. The van der Waals surface area contributed by atoms with Crippen molar-refractivity contribution in [1.29, 1.82) is 0 Å². The molecule has 0 radical (unpaired) electrons. The number of aliphatic carboxylic acids is 2. The number of rotatable bonds is 5. The Balaban J connectivity index is 2.54. The van der Waals surface area contributed by atoms with Crippen LogP contribution in [0.4, 0.5) is 0 Å². The molecule has 6 nitrogen and oxygen atoms in total. The smallest absolute Gasteiger partial charge is 0.392 e. The van der Waals surface area contributed by atoms with Crippen LogP contribution >= 0.6 is 0 Å². The Bertz CT molecular complexity index is 696. The minimum absolute atomic E-state index is 0.210. The van der Waals surface area contributed by atoms with E-state index >= 15 is 0 Å². The van der Waals surface area contributed by atoms with E-state index in [-0.39, 0.29) is 16.2 Å². The van der Waals surface area contributed by atoms with Crippen molar-refractivity contribution in [1.82, 2.24) is 4.90 Å². The Morgan fingerprint density at radius 3 is 2.76 bits per heavy atom. The van der Waals surface area contributed by atoms with Gasteiger partial charge in [-0.05, 0) is 44.9 Å². The van der Waals surface area contributed by atoms with Crippen LogP contribution < -0.4 is 0 Å². The van der Waals surface area contributed by atoms with E-state index in [1.165, 1.54) is 0 Å². The first-order chi connectivity index (χ1) is 11.9. The summed E-state index contributed by atoms with van der Waals surface area (Å²) in [6, 6.07) is 3.23. The van der Waals surface area contributed by atoms with E-state index in [1.807, 2.05) is 32.3 Å². The molecular formula is C19H25N2O4+. The molecule has 1 fully saturated rings. The normalized spacial score (nSPS) is 26.7. The highest BCUT2D eigenvalue weighted by molar-refractivity contribution is 5.93. The molecule has 0 spiro atoms. The van der Waals surface area contributed by atoms with Crippen LogP contribution in [0.3, 0.4) is 0 Å². The summed E-state index contributed by atoms with van der Waals surface area (Å²) in [6.07, 6.45) is 10.1. The molecular weight excluding hydrogens is 320 g/mol. The largest absolute Gasteiger partial charge is 0.478 e. The fourth-order valence-electron chi connectivity index (χ4n) is 3.33. The molecule has 0 saturated carbocycles. The number of hydrogen-bond acceptors (Lipinski definition) is 3. The van der Waals surface area contributed by atoms with Gasteiger partial charge in [0.05, 0.1) is 6.08 Å². The maximum absolute atomic E-state index is 11.8. The van der Waals surface area contributed by atoms with Crippen LogP contribution in [0.25, 0.3) is 0 Å². The van der Waals surface area contributed by atoms with Gasteiger partial charge in [0.15, 0.2) is 0 Å². The van der Waals surface area contributed by atoms with Gasteiger partial charge in [-0.1, -0.05) is 13.0 Å². The summed E-state index contributed by atoms with van der Waals surface area (Å²) in [7, 11) is 2.05. The van der Waals surface area contributed by atoms with Crippen LogP contribution in [0, 0.1) is 12.0 Å². The molecule has 0 aromatic carbocycles. The number of carboxylic acids is 2. The van der Waals surface area contributed by atoms with Gasteiger partial charge < -0.3 is 10.2 Å². The second-order valence-corrected chi connectivity index (χ2v) is 6.43. The third-order valence-corrected chi connectivity index (χ3v) is 4.54. The van der Waals surface area contributed by atoms with E-state index in [0.717, 1.165) is 37.5 Å². The van der Waals surface area contributed by atoms with E-state index in [9.17, 15) is 14.7 Å². The molecule has 1 saturated heterocycles. The highest BCUT2D eigenvalue weighted by Gasteiger charge is 2.39. The first kappa shape index (κ1) is 19.0.